The second kappa shape index (κ2) is 5.08. The van der Waals surface area contributed by atoms with Gasteiger partial charge in [0.25, 0.3) is 0 Å². The molecule has 2 heteroatoms. The van der Waals surface area contributed by atoms with Gasteiger partial charge in [-0.2, -0.15) is 0 Å². The van der Waals surface area contributed by atoms with Gasteiger partial charge in [0.1, 0.15) is 6.29 Å². The molecule has 1 aliphatic heterocycles. The van der Waals surface area contributed by atoms with Gasteiger partial charge in [0.05, 0.1) is 5.54 Å². The molecule has 1 aliphatic rings. The van der Waals surface area contributed by atoms with Gasteiger partial charge in [-0.15, -0.1) is 0 Å². The molecule has 0 bridgehead atoms. The summed E-state index contributed by atoms with van der Waals surface area (Å²) in [7, 11) is 0. The summed E-state index contributed by atoms with van der Waals surface area (Å²) in [5.41, 5.74) is 5.55. The highest BCUT2D eigenvalue weighted by atomic mass is 16.1. The van der Waals surface area contributed by atoms with Gasteiger partial charge in [-0.3, -0.25) is 4.79 Å². The van der Waals surface area contributed by atoms with E-state index in [4.69, 9.17) is 0 Å². The molecule has 0 aromatic heterocycles. The highest BCUT2D eigenvalue weighted by Crippen LogP contribution is 2.41. The van der Waals surface area contributed by atoms with Crippen LogP contribution in [0, 0.1) is 6.92 Å². The molecule has 0 N–H and O–H groups in total. The van der Waals surface area contributed by atoms with Gasteiger partial charge in [0, 0.05) is 22.9 Å². The third-order valence-corrected chi connectivity index (χ3v) is 4.42. The summed E-state index contributed by atoms with van der Waals surface area (Å²) in [6.07, 6.45) is 4.37. The van der Waals surface area contributed by atoms with Crippen molar-refractivity contribution < 1.29 is 4.79 Å². The summed E-state index contributed by atoms with van der Waals surface area (Å²) in [6, 6.07) is 4.67. The number of benzene rings is 1. The van der Waals surface area contributed by atoms with E-state index >= 15 is 0 Å². The lowest BCUT2D eigenvalue weighted by molar-refractivity contribution is 0.112. The number of rotatable bonds is 3. The molecule has 108 valence electrons. The van der Waals surface area contributed by atoms with E-state index in [1.54, 1.807) is 0 Å². The number of anilines is 1. The van der Waals surface area contributed by atoms with Crippen LogP contribution in [0.5, 0.6) is 0 Å². The molecule has 1 heterocycles. The topological polar surface area (TPSA) is 20.3 Å². The number of nitrogens with zero attached hydrogens (tertiary/aromatic N) is 1. The van der Waals surface area contributed by atoms with Gasteiger partial charge >= 0.3 is 0 Å². The van der Waals surface area contributed by atoms with E-state index in [1.165, 1.54) is 16.8 Å². The first-order chi connectivity index (χ1) is 9.31. The molecule has 1 aromatic carbocycles. The summed E-state index contributed by atoms with van der Waals surface area (Å²) in [4.78, 5) is 13.7. The Morgan fingerprint density at radius 2 is 1.95 bits per heavy atom. The predicted octanol–water partition coefficient (Wildman–Crippen LogP) is 4.61. The largest absolute Gasteiger partial charge is 0.360 e. The van der Waals surface area contributed by atoms with Crippen molar-refractivity contribution in [1.82, 2.24) is 0 Å². The fraction of sp³-hybridized carbons (Fsp3) is 0.500. The molecule has 1 aromatic rings. The molecule has 0 radical (unpaired) electrons. The number of aryl methyl sites for hydroxylation is 1. The lowest BCUT2D eigenvalue weighted by Crippen LogP contribution is -2.50. The zero-order chi connectivity index (χ0) is 15.1. The van der Waals surface area contributed by atoms with E-state index in [1.807, 2.05) is 13.0 Å². The van der Waals surface area contributed by atoms with Crippen LogP contribution in [0.4, 0.5) is 5.69 Å². The van der Waals surface area contributed by atoms with Gasteiger partial charge in [-0.25, -0.2) is 0 Å². The van der Waals surface area contributed by atoms with Crippen molar-refractivity contribution in [3.63, 3.8) is 0 Å². The summed E-state index contributed by atoms with van der Waals surface area (Å²) in [6.45, 7) is 13.2. The van der Waals surface area contributed by atoms with Crippen LogP contribution >= 0.6 is 0 Å². The maximum atomic E-state index is 11.2. The smallest absolute Gasteiger partial charge is 0.150 e. The highest BCUT2D eigenvalue weighted by molar-refractivity contribution is 5.87. The first kappa shape index (κ1) is 14.8. The maximum Gasteiger partial charge on any atom is 0.150 e. The van der Waals surface area contributed by atoms with Crippen LogP contribution in [0.1, 0.15) is 62.5 Å². The number of allylic oxidation sites excluding steroid dienone is 1. The monoisotopic (exact) mass is 271 g/mol. The minimum Gasteiger partial charge on any atom is -0.360 e. The minimum atomic E-state index is 0.00163. The van der Waals surface area contributed by atoms with E-state index in [9.17, 15) is 4.79 Å². The van der Waals surface area contributed by atoms with Crippen LogP contribution in [-0.2, 0) is 0 Å². The normalized spacial score (nSPS) is 18.3. The number of aldehydes is 1. The second-order valence-corrected chi connectivity index (χ2v) is 6.45. The average molecular weight is 271 g/mol. The number of carbonyl (C=O) groups is 1. The molecule has 1 atom stereocenters. The van der Waals surface area contributed by atoms with Crippen LogP contribution in [0.2, 0.25) is 0 Å². The van der Waals surface area contributed by atoms with Gasteiger partial charge in [0.15, 0.2) is 0 Å². The quantitative estimate of drug-likeness (QED) is 0.748. The Kier molecular flexibility index (Phi) is 3.77. The number of hydrogen-bond acceptors (Lipinski definition) is 2. The Morgan fingerprint density at radius 1 is 1.30 bits per heavy atom. The number of hydrogen-bond donors (Lipinski definition) is 0. The van der Waals surface area contributed by atoms with Crippen LogP contribution in [0.15, 0.2) is 18.2 Å². The lowest BCUT2D eigenvalue weighted by Gasteiger charge is -2.47. The molecule has 0 amide bonds. The van der Waals surface area contributed by atoms with Crippen molar-refractivity contribution in [1.29, 1.82) is 0 Å². The van der Waals surface area contributed by atoms with E-state index in [2.05, 4.69) is 51.7 Å². The Labute approximate surface area is 122 Å². The van der Waals surface area contributed by atoms with Gasteiger partial charge in [-0.1, -0.05) is 13.0 Å². The van der Waals surface area contributed by atoms with Crippen molar-refractivity contribution in [2.45, 2.75) is 59.5 Å². The summed E-state index contributed by atoms with van der Waals surface area (Å²) in [5.74, 6) is 0. The summed E-state index contributed by atoms with van der Waals surface area (Å²) in [5, 5.41) is 0. The van der Waals surface area contributed by atoms with Gasteiger partial charge < -0.3 is 4.90 Å². The molecule has 0 saturated heterocycles. The third-order valence-electron chi connectivity index (χ3n) is 4.42. The van der Waals surface area contributed by atoms with Crippen molar-refractivity contribution >= 4 is 17.5 Å². The van der Waals surface area contributed by atoms with Gasteiger partial charge in [-0.05, 0) is 64.3 Å². The molecule has 0 spiro atoms. The Balaban J connectivity index is 2.70. The highest BCUT2D eigenvalue weighted by Gasteiger charge is 2.34. The summed E-state index contributed by atoms with van der Waals surface area (Å²) < 4.78 is 0. The van der Waals surface area contributed by atoms with Crippen LogP contribution in [0.3, 0.4) is 0 Å². The Morgan fingerprint density at radius 3 is 2.50 bits per heavy atom. The standard InChI is InChI=1S/C18H25NO/c1-7-14(4)19-17-8-12(2)15(11-20)9-16(17)13(3)10-18(19,5)6/h8-11,14H,7H2,1-6H3/t14-/m1/s1. The number of carbonyl (C=O) groups excluding carboxylic acids is 1. The van der Waals surface area contributed by atoms with Crippen molar-refractivity contribution in [2.24, 2.45) is 0 Å². The second-order valence-electron chi connectivity index (χ2n) is 6.45. The zero-order valence-corrected chi connectivity index (χ0v) is 13.4. The first-order valence-electron chi connectivity index (χ1n) is 7.40. The van der Waals surface area contributed by atoms with E-state index in [-0.39, 0.29) is 5.54 Å². The maximum absolute atomic E-state index is 11.2. The minimum absolute atomic E-state index is 0.00163. The zero-order valence-electron chi connectivity index (χ0n) is 13.4. The Hall–Kier alpha value is -1.57. The Bertz CT molecular complexity index is 569. The van der Waals surface area contributed by atoms with Crippen LogP contribution in [-0.4, -0.2) is 17.9 Å². The van der Waals surface area contributed by atoms with E-state index in [0.29, 0.717) is 6.04 Å². The molecule has 2 nitrogen and oxygen atoms in total. The molecule has 2 rings (SSSR count). The number of fused-ring (bicyclic) bond motifs is 1. The molecule has 20 heavy (non-hydrogen) atoms. The van der Waals surface area contributed by atoms with Crippen LogP contribution in [0.25, 0.3) is 5.57 Å². The first-order valence-corrected chi connectivity index (χ1v) is 7.40. The van der Waals surface area contributed by atoms with Crippen molar-refractivity contribution in [3.05, 3.63) is 34.9 Å². The third kappa shape index (κ3) is 2.28. The predicted molar refractivity (Wildman–Crippen MR) is 86.5 cm³/mol. The molecule has 0 aliphatic carbocycles. The van der Waals surface area contributed by atoms with Crippen molar-refractivity contribution in [2.75, 3.05) is 4.90 Å². The van der Waals surface area contributed by atoms with Crippen LogP contribution < -0.4 is 4.90 Å². The van der Waals surface area contributed by atoms with E-state index in [0.717, 1.165) is 23.8 Å². The SMILES string of the molecule is CC[C@@H](C)N1c2cc(C)c(C=O)cc2C(C)=CC1(C)C. The molecule has 0 unspecified atom stereocenters. The average Bonchev–Trinajstić information content (AvgIpc) is 2.36. The van der Waals surface area contributed by atoms with E-state index < -0.39 is 0 Å². The van der Waals surface area contributed by atoms with Crippen molar-refractivity contribution in [3.8, 4) is 0 Å². The fourth-order valence-corrected chi connectivity index (χ4v) is 3.33. The molecular weight excluding hydrogens is 246 g/mol. The lowest BCUT2D eigenvalue weighted by atomic mass is 9.85. The molecule has 0 saturated carbocycles. The fourth-order valence-electron chi connectivity index (χ4n) is 3.33. The molecular formula is C18H25NO. The summed E-state index contributed by atoms with van der Waals surface area (Å²) >= 11 is 0. The van der Waals surface area contributed by atoms with Gasteiger partial charge in [0.2, 0.25) is 0 Å². The molecule has 0 fully saturated rings.